The molecular formula is C19H20F2N2O. The zero-order valence-electron chi connectivity index (χ0n) is 13.7. The highest BCUT2D eigenvalue weighted by Crippen LogP contribution is 2.28. The molecule has 2 atom stereocenters. The number of nitrogens with one attached hydrogen (secondary N) is 1. The van der Waals surface area contributed by atoms with Crippen LogP contribution in [0.5, 0.6) is 0 Å². The Kier molecular flexibility index (Phi) is 4.62. The van der Waals surface area contributed by atoms with Crippen molar-refractivity contribution in [2.75, 3.05) is 11.4 Å². The first-order valence-corrected chi connectivity index (χ1v) is 8.07. The van der Waals surface area contributed by atoms with Gasteiger partial charge in [-0.2, -0.15) is 0 Å². The van der Waals surface area contributed by atoms with Crippen LogP contribution in [-0.4, -0.2) is 18.5 Å². The van der Waals surface area contributed by atoms with E-state index in [4.69, 9.17) is 0 Å². The number of halogens is 2. The monoisotopic (exact) mass is 330 g/mol. The molecule has 0 saturated carbocycles. The number of benzene rings is 2. The first-order valence-electron chi connectivity index (χ1n) is 8.07. The Labute approximate surface area is 140 Å². The van der Waals surface area contributed by atoms with Crippen molar-refractivity contribution in [2.45, 2.75) is 32.4 Å². The SMILES string of the molecule is C[C@H](N[C@@H](C)c1ccc(F)cc1F)C(=O)N1CCc2ccccc21. The molecule has 0 saturated heterocycles. The minimum absolute atomic E-state index is 0.0469. The average molecular weight is 330 g/mol. The third-order valence-electron chi connectivity index (χ3n) is 4.45. The normalized spacial score (nSPS) is 15.9. The summed E-state index contributed by atoms with van der Waals surface area (Å²) in [5.41, 5.74) is 2.45. The summed E-state index contributed by atoms with van der Waals surface area (Å²) in [6.07, 6.45) is 0.844. The van der Waals surface area contributed by atoms with Gasteiger partial charge in [0.25, 0.3) is 0 Å². The first kappa shape index (κ1) is 16.6. The number of rotatable bonds is 4. The standard InChI is InChI=1S/C19H20F2N2O/c1-12(16-8-7-15(20)11-17(16)21)22-13(2)19(24)23-10-9-14-5-3-4-6-18(14)23/h3-8,11-13,22H,9-10H2,1-2H3/t12-,13-/m0/s1. The quantitative estimate of drug-likeness (QED) is 0.929. The fourth-order valence-electron chi connectivity index (χ4n) is 3.19. The minimum Gasteiger partial charge on any atom is -0.310 e. The molecule has 1 aliphatic heterocycles. The van der Waals surface area contributed by atoms with Crippen LogP contribution < -0.4 is 10.2 Å². The summed E-state index contributed by atoms with van der Waals surface area (Å²) in [6.45, 7) is 4.18. The molecule has 0 aliphatic carbocycles. The number of para-hydroxylation sites is 1. The molecule has 1 heterocycles. The lowest BCUT2D eigenvalue weighted by atomic mass is 10.1. The molecule has 24 heavy (non-hydrogen) atoms. The van der Waals surface area contributed by atoms with Crippen molar-refractivity contribution in [1.29, 1.82) is 0 Å². The second kappa shape index (κ2) is 6.69. The first-order chi connectivity index (χ1) is 11.5. The van der Waals surface area contributed by atoms with Crippen LogP contribution in [0.2, 0.25) is 0 Å². The van der Waals surface area contributed by atoms with Crippen LogP contribution in [0.1, 0.15) is 31.0 Å². The van der Waals surface area contributed by atoms with Crippen molar-refractivity contribution in [3.05, 3.63) is 65.2 Å². The van der Waals surface area contributed by atoms with Gasteiger partial charge < -0.3 is 4.90 Å². The van der Waals surface area contributed by atoms with E-state index in [0.717, 1.165) is 23.7 Å². The molecule has 3 rings (SSSR count). The third-order valence-corrected chi connectivity index (χ3v) is 4.45. The minimum atomic E-state index is -0.610. The molecule has 126 valence electrons. The predicted molar refractivity (Wildman–Crippen MR) is 89.9 cm³/mol. The molecule has 0 fully saturated rings. The van der Waals surface area contributed by atoms with Gasteiger partial charge in [-0.15, -0.1) is 0 Å². The maximum Gasteiger partial charge on any atom is 0.243 e. The Morgan fingerprint density at radius 3 is 2.67 bits per heavy atom. The zero-order valence-corrected chi connectivity index (χ0v) is 13.7. The lowest BCUT2D eigenvalue weighted by Crippen LogP contribution is -2.45. The van der Waals surface area contributed by atoms with Gasteiger partial charge in [0.1, 0.15) is 11.6 Å². The van der Waals surface area contributed by atoms with E-state index in [9.17, 15) is 13.6 Å². The van der Waals surface area contributed by atoms with E-state index in [-0.39, 0.29) is 5.91 Å². The molecular weight excluding hydrogens is 310 g/mol. The summed E-state index contributed by atoms with van der Waals surface area (Å²) in [7, 11) is 0. The number of hydrogen-bond donors (Lipinski definition) is 1. The molecule has 0 spiro atoms. The summed E-state index contributed by atoms with van der Waals surface area (Å²) in [6, 6.07) is 10.5. The number of carbonyl (C=O) groups excluding carboxylic acids is 1. The molecule has 0 aromatic heterocycles. The van der Waals surface area contributed by atoms with E-state index < -0.39 is 23.7 Å². The lowest BCUT2D eigenvalue weighted by Gasteiger charge is -2.25. The van der Waals surface area contributed by atoms with Gasteiger partial charge in [-0.05, 0) is 38.0 Å². The van der Waals surface area contributed by atoms with E-state index in [0.29, 0.717) is 12.1 Å². The van der Waals surface area contributed by atoms with Crippen LogP contribution in [0.4, 0.5) is 14.5 Å². The summed E-state index contributed by atoms with van der Waals surface area (Å²) >= 11 is 0. The van der Waals surface area contributed by atoms with Gasteiger partial charge in [0, 0.05) is 29.9 Å². The van der Waals surface area contributed by atoms with Crippen molar-refractivity contribution in [3.8, 4) is 0 Å². The number of anilines is 1. The van der Waals surface area contributed by atoms with Crippen molar-refractivity contribution < 1.29 is 13.6 Å². The maximum absolute atomic E-state index is 13.9. The predicted octanol–water partition coefficient (Wildman–Crippen LogP) is 3.59. The van der Waals surface area contributed by atoms with Gasteiger partial charge in [-0.25, -0.2) is 8.78 Å². The highest BCUT2D eigenvalue weighted by molar-refractivity contribution is 5.98. The highest BCUT2D eigenvalue weighted by Gasteiger charge is 2.28. The Morgan fingerprint density at radius 1 is 1.17 bits per heavy atom. The fraction of sp³-hybridized carbons (Fsp3) is 0.316. The Bertz CT molecular complexity index is 763. The number of hydrogen-bond acceptors (Lipinski definition) is 2. The Hall–Kier alpha value is -2.27. The zero-order chi connectivity index (χ0) is 17.3. The molecule has 0 bridgehead atoms. The number of amides is 1. The number of carbonyl (C=O) groups is 1. The van der Waals surface area contributed by atoms with Crippen LogP contribution in [-0.2, 0) is 11.2 Å². The van der Waals surface area contributed by atoms with E-state index in [2.05, 4.69) is 5.32 Å². The van der Waals surface area contributed by atoms with Crippen LogP contribution in [0, 0.1) is 11.6 Å². The summed E-state index contributed by atoms with van der Waals surface area (Å²) < 4.78 is 26.9. The summed E-state index contributed by atoms with van der Waals surface area (Å²) in [5.74, 6) is -1.27. The van der Waals surface area contributed by atoms with Crippen molar-refractivity contribution in [2.24, 2.45) is 0 Å². The summed E-state index contributed by atoms with van der Waals surface area (Å²) in [5, 5.41) is 3.11. The molecule has 1 aliphatic rings. The number of nitrogens with zero attached hydrogens (tertiary/aromatic N) is 1. The molecule has 0 unspecified atom stereocenters. The Balaban J connectivity index is 1.71. The maximum atomic E-state index is 13.9. The highest BCUT2D eigenvalue weighted by atomic mass is 19.1. The van der Waals surface area contributed by atoms with Gasteiger partial charge in [0.15, 0.2) is 0 Å². The van der Waals surface area contributed by atoms with E-state index >= 15 is 0 Å². The van der Waals surface area contributed by atoms with Gasteiger partial charge in [0.2, 0.25) is 5.91 Å². The summed E-state index contributed by atoms with van der Waals surface area (Å²) in [4.78, 5) is 14.5. The molecule has 1 amide bonds. The topological polar surface area (TPSA) is 32.3 Å². The lowest BCUT2D eigenvalue weighted by molar-refractivity contribution is -0.120. The van der Waals surface area contributed by atoms with Gasteiger partial charge in [-0.1, -0.05) is 24.3 Å². The van der Waals surface area contributed by atoms with Crippen molar-refractivity contribution >= 4 is 11.6 Å². The molecule has 2 aromatic rings. The van der Waals surface area contributed by atoms with Crippen LogP contribution in [0.3, 0.4) is 0 Å². The van der Waals surface area contributed by atoms with Crippen LogP contribution in [0.15, 0.2) is 42.5 Å². The number of fused-ring (bicyclic) bond motifs is 1. The molecule has 3 nitrogen and oxygen atoms in total. The van der Waals surface area contributed by atoms with Gasteiger partial charge in [-0.3, -0.25) is 10.1 Å². The largest absolute Gasteiger partial charge is 0.310 e. The van der Waals surface area contributed by atoms with E-state index in [1.807, 2.05) is 24.3 Å². The molecule has 1 N–H and O–H groups in total. The van der Waals surface area contributed by atoms with Crippen molar-refractivity contribution in [3.63, 3.8) is 0 Å². The molecule has 0 radical (unpaired) electrons. The Morgan fingerprint density at radius 2 is 1.92 bits per heavy atom. The van der Waals surface area contributed by atoms with E-state index in [1.165, 1.54) is 12.1 Å². The van der Waals surface area contributed by atoms with Crippen LogP contribution >= 0.6 is 0 Å². The smallest absolute Gasteiger partial charge is 0.243 e. The molecule has 2 aromatic carbocycles. The van der Waals surface area contributed by atoms with Gasteiger partial charge >= 0.3 is 0 Å². The van der Waals surface area contributed by atoms with Crippen molar-refractivity contribution in [1.82, 2.24) is 5.32 Å². The third kappa shape index (κ3) is 3.17. The van der Waals surface area contributed by atoms with Crippen LogP contribution in [0.25, 0.3) is 0 Å². The average Bonchev–Trinajstić information content (AvgIpc) is 2.97. The second-order valence-electron chi connectivity index (χ2n) is 6.14. The van der Waals surface area contributed by atoms with E-state index in [1.54, 1.807) is 18.7 Å². The molecule has 5 heteroatoms. The second-order valence-corrected chi connectivity index (χ2v) is 6.14. The van der Waals surface area contributed by atoms with Gasteiger partial charge in [0.05, 0.1) is 6.04 Å². The fourth-order valence-corrected chi connectivity index (χ4v) is 3.19.